The van der Waals surface area contributed by atoms with Crippen LogP contribution in [0, 0.1) is 16.0 Å². The molecule has 1 amide bonds. The van der Waals surface area contributed by atoms with E-state index < -0.39 is 33.1 Å². The largest absolute Gasteiger partial charge is 0.445 e. The molecule has 0 spiro atoms. The number of alkyl halides is 1. The van der Waals surface area contributed by atoms with Crippen molar-refractivity contribution in [3.8, 4) is 0 Å². The van der Waals surface area contributed by atoms with Crippen LogP contribution in [-0.2, 0) is 21.4 Å². The minimum atomic E-state index is -3.93. The molecule has 9 nitrogen and oxygen atoms in total. The van der Waals surface area contributed by atoms with E-state index in [1.165, 1.54) is 28.6 Å². The lowest BCUT2D eigenvalue weighted by molar-refractivity contribution is -0.384. The number of sulfonamides is 1. The van der Waals surface area contributed by atoms with Crippen LogP contribution in [0.25, 0.3) is 0 Å². The van der Waals surface area contributed by atoms with Crippen LogP contribution in [0.4, 0.5) is 10.5 Å². The fourth-order valence-electron chi connectivity index (χ4n) is 3.74. The van der Waals surface area contributed by atoms with Crippen molar-refractivity contribution in [3.63, 3.8) is 0 Å². The van der Waals surface area contributed by atoms with E-state index in [0.717, 1.165) is 5.56 Å². The molecule has 1 heterocycles. The van der Waals surface area contributed by atoms with Gasteiger partial charge in [-0.3, -0.25) is 10.1 Å². The van der Waals surface area contributed by atoms with Crippen molar-refractivity contribution in [1.82, 2.24) is 9.21 Å². The highest BCUT2D eigenvalue weighted by atomic mass is 79.9. The van der Waals surface area contributed by atoms with E-state index in [9.17, 15) is 23.3 Å². The molecule has 33 heavy (non-hydrogen) atoms. The van der Waals surface area contributed by atoms with Gasteiger partial charge in [0, 0.05) is 36.6 Å². The van der Waals surface area contributed by atoms with Gasteiger partial charge in [0.25, 0.3) is 5.69 Å². The molecule has 0 N–H and O–H groups in total. The number of rotatable bonds is 7. The molecule has 0 aromatic heterocycles. The first-order valence-corrected chi connectivity index (χ1v) is 13.0. The van der Waals surface area contributed by atoms with Crippen molar-refractivity contribution in [2.24, 2.45) is 5.92 Å². The lowest BCUT2D eigenvalue weighted by Crippen LogP contribution is -2.63. The molecule has 2 atom stereocenters. The smallest absolute Gasteiger partial charge is 0.410 e. The van der Waals surface area contributed by atoms with E-state index in [2.05, 4.69) is 15.9 Å². The minimum Gasteiger partial charge on any atom is -0.445 e. The number of hydrogen-bond acceptors (Lipinski definition) is 6. The lowest BCUT2D eigenvalue weighted by atomic mass is 10.00. The summed E-state index contributed by atoms with van der Waals surface area (Å²) in [5.41, 5.74) is 0.680. The summed E-state index contributed by atoms with van der Waals surface area (Å²) >= 11 is 3.40. The Labute approximate surface area is 201 Å². The predicted octanol–water partition coefficient (Wildman–Crippen LogP) is 4.03. The highest BCUT2D eigenvalue weighted by Gasteiger charge is 2.43. The molecule has 1 aliphatic heterocycles. The van der Waals surface area contributed by atoms with Gasteiger partial charge in [-0.2, -0.15) is 4.31 Å². The van der Waals surface area contributed by atoms with Crippen LogP contribution in [-0.4, -0.2) is 59.1 Å². The highest BCUT2D eigenvalue weighted by molar-refractivity contribution is 9.09. The van der Waals surface area contributed by atoms with E-state index in [-0.39, 0.29) is 36.2 Å². The van der Waals surface area contributed by atoms with Crippen LogP contribution in [0.2, 0.25) is 0 Å². The molecule has 0 aliphatic carbocycles. The van der Waals surface area contributed by atoms with Crippen molar-refractivity contribution in [2.75, 3.05) is 18.4 Å². The summed E-state index contributed by atoms with van der Waals surface area (Å²) in [5.74, 6) is -0.0847. The molecule has 11 heteroatoms. The standard InChI is InChI=1S/C22H26BrN3O6S/c1-16(2)21-14-24(22(27)32-15-17-6-4-3-5-7-17)19(12-23)13-25(21)33(30,31)20-10-8-18(9-11-20)26(28)29/h3-11,16,19,21H,12-15H2,1-2H3/t19-,21+/m0/s1. The fraction of sp³-hybridized carbons (Fsp3) is 0.409. The van der Waals surface area contributed by atoms with Crippen LogP contribution in [0.15, 0.2) is 59.5 Å². The van der Waals surface area contributed by atoms with E-state index in [1.54, 1.807) is 4.90 Å². The summed E-state index contributed by atoms with van der Waals surface area (Å²) in [7, 11) is -3.93. The van der Waals surface area contributed by atoms with Crippen molar-refractivity contribution in [2.45, 2.75) is 37.4 Å². The van der Waals surface area contributed by atoms with Gasteiger partial charge in [-0.05, 0) is 23.6 Å². The second kappa shape index (κ2) is 10.6. The zero-order valence-electron chi connectivity index (χ0n) is 18.3. The average Bonchev–Trinajstić information content (AvgIpc) is 2.82. The number of ether oxygens (including phenoxy) is 1. The number of nitro benzene ring substituents is 1. The van der Waals surface area contributed by atoms with E-state index in [0.29, 0.717) is 5.33 Å². The molecule has 1 saturated heterocycles. The number of nitro groups is 1. The van der Waals surface area contributed by atoms with Gasteiger partial charge in [0.2, 0.25) is 10.0 Å². The quantitative estimate of drug-likeness (QED) is 0.298. The number of carbonyl (C=O) groups is 1. The Hall–Kier alpha value is -2.50. The Kier molecular flexibility index (Phi) is 8.09. The summed E-state index contributed by atoms with van der Waals surface area (Å²) in [6.07, 6.45) is -0.499. The number of non-ortho nitro benzene ring substituents is 1. The van der Waals surface area contributed by atoms with Crippen LogP contribution in [0.1, 0.15) is 19.4 Å². The Bertz CT molecular complexity index is 1080. The molecule has 178 valence electrons. The predicted molar refractivity (Wildman–Crippen MR) is 127 cm³/mol. The maximum Gasteiger partial charge on any atom is 0.410 e. The van der Waals surface area contributed by atoms with Gasteiger partial charge in [-0.1, -0.05) is 60.1 Å². The second-order valence-corrected chi connectivity index (χ2v) is 10.7. The van der Waals surface area contributed by atoms with Crippen molar-refractivity contribution in [1.29, 1.82) is 0 Å². The van der Waals surface area contributed by atoms with E-state index in [1.807, 2.05) is 44.2 Å². The summed E-state index contributed by atoms with van der Waals surface area (Å²) < 4.78 is 33.8. The SMILES string of the molecule is CC(C)[C@H]1CN(C(=O)OCc2ccccc2)[C@@H](CBr)CN1S(=O)(=O)c1ccc([N+](=O)[O-])cc1. The number of carbonyl (C=O) groups excluding carboxylic acids is 1. The molecular weight excluding hydrogens is 514 g/mol. The van der Waals surface area contributed by atoms with E-state index >= 15 is 0 Å². The van der Waals surface area contributed by atoms with Gasteiger partial charge in [0.05, 0.1) is 15.9 Å². The van der Waals surface area contributed by atoms with Gasteiger partial charge in [-0.25, -0.2) is 13.2 Å². The third kappa shape index (κ3) is 5.71. The maximum absolute atomic E-state index is 13.4. The van der Waals surface area contributed by atoms with Crippen LogP contribution >= 0.6 is 15.9 Å². The molecule has 0 bridgehead atoms. The second-order valence-electron chi connectivity index (χ2n) is 8.14. The topological polar surface area (TPSA) is 110 Å². The molecule has 1 fully saturated rings. The zero-order valence-corrected chi connectivity index (χ0v) is 20.7. The highest BCUT2D eigenvalue weighted by Crippen LogP contribution is 2.29. The molecular formula is C22H26BrN3O6S. The summed E-state index contributed by atoms with van der Waals surface area (Å²) in [6.45, 7) is 4.17. The molecule has 3 rings (SSSR count). The first-order chi connectivity index (χ1) is 15.6. The Balaban J connectivity index is 1.82. The summed E-state index contributed by atoms with van der Waals surface area (Å²) in [4.78, 5) is 24.8. The van der Waals surface area contributed by atoms with Gasteiger partial charge in [0.15, 0.2) is 0 Å². The first-order valence-electron chi connectivity index (χ1n) is 10.4. The van der Waals surface area contributed by atoms with Crippen LogP contribution in [0.3, 0.4) is 0 Å². The van der Waals surface area contributed by atoms with Gasteiger partial charge in [0.1, 0.15) is 6.61 Å². The molecule has 0 saturated carbocycles. The number of amides is 1. The molecule has 0 radical (unpaired) electrons. The fourth-order valence-corrected chi connectivity index (χ4v) is 6.08. The van der Waals surface area contributed by atoms with Crippen molar-refractivity contribution in [3.05, 3.63) is 70.3 Å². The third-order valence-corrected chi connectivity index (χ3v) is 8.28. The van der Waals surface area contributed by atoms with Crippen LogP contribution in [0.5, 0.6) is 0 Å². The van der Waals surface area contributed by atoms with E-state index in [4.69, 9.17) is 4.74 Å². The number of piperazine rings is 1. The number of benzene rings is 2. The number of hydrogen-bond donors (Lipinski definition) is 0. The number of halogens is 1. The lowest BCUT2D eigenvalue weighted by Gasteiger charge is -2.46. The first kappa shape index (κ1) is 25.1. The minimum absolute atomic E-state index is 0.0211. The zero-order chi connectivity index (χ0) is 24.2. The molecule has 1 aliphatic rings. The summed E-state index contributed by atoms with van der Waals surface area (Å²) in [6, 6.07) is 13.3. The van der Waals surface area contributed by atoms with Crippen molar-refractivity contribution >= 4 is 37.7 Å². The van der Waals surface area contributed by atoms with Gasteiger partial charge >= 0.3 is 6.09 Å². The van der Waals surface area contributed by atoms with Crippen LogP contribution < -0.4 is 0 Å². The Morgan fingerprint density at radius 2 is 1.79 bits per heavy atom. The van der Waals surface area contributed by atoms with Gasteiger partial charge < -0.3 is 9.64 Å². The molecule has 2 aromatic carbocycles. The Morgan fingerprint density at radius 1 is 1.15 bits per heavy atom. The number of nitrogens with zero attached hydrogens (tertiary/aromatic N) is 3. The summed E-state index contributed by atoms with van der Waals surface area (Å²) in [5, 5.41) is 11.3. The Morgan fingerprint density at radius 3 is 2.33 bits per heavy atom. The normalized spacial score (nSPS) is 19.5. The molecule has 2 aromatic rings. The maximum atomic E-state index is 13.4. The monoisotopic (exact) mass is 539 g/mol. The average molecular weight is 540 g/mol. The molecule has 0 unspecified atom stereocenters. The van der Waals surface area contributed by atoms with Crippen molar-refractivity contribution < 1.29 is 22.9 Å². The third-order valence-electron chi connectivity index (χ3n) is 5.63. The van der Waals surface area contributed by atoms with Gasteiger partial charge in [-0.15, -0.1) is 0 Å².